The summed E-state index contributed by atoms with van der Waals surface area (Å²) in [6.45, 7) is 5.78. The molecule has 27 heavy (non-hydrogen) atoms. The van der Waals surface area contributed by atoms with Crippen LogP contribution in [0.15, 0.2) is 0 Å². The highest BCUT2D eigenvalue weighted by molar-refractivity contribution is 9.11. The lowest BCUT2D eigenvalue weighted by Gasteiger charge is -2.38. The minimum atomic E-state index is -4.24. The lowest BCUT2D eigenvalue weighted by Crippen LogP contribution is -2.46. The summed E-state index contributed by atoms with van der Waals surface area (Å²) in [6, 6.07) is -0.0353. The van der Waals surface area contributed by atoms with Crippen molar-refractivity contribution in [3.8, 4) is 0 Å². The first kappa shape index (κ1) is 25.2. The van der Waals surface area contributed by atoms with E-state index in [1.807, 2.05) is 13.8 Å². The summed E-state index contributed by atoms with van der Waals surface area (Å²) in [6.07, 6.45) is 2.37. The summed E-state index contributed by atoms with van der Waals surface area (Å²) in [5.41, 5.74) is 4.05. The zero-order valence-electron chi connectivity index (χ0n) is 15.9. The quantitative estimate of drug-likeness (QED) is 0.275. The number of alkyl halides is 1. The Morgan fingerprint density at radius 2 is 2.00 bits per heavy atom. The van der Waals surface area contributed by atoms with E-state index < -0.39 is 27.5 Å². The zero-order chi connectivity index (χ0) is 21.3. The lowest BCUT2D eigenvalue weighted by atomic mass is 9.70. The predicted octanol–water partition coefficient (Wildman–Crippen LogP) is 2.48. The first-order valence-electron chi connectivity index (χ1n) is 8.54. The fourth-order valence-electron chi connectivity index (χ4n) is 3.90. The minimum Gasteiger partial charge on any atom is -0.328 e. The van der Waals surface area contributed by atoms with Crippen molar-refractivity contribution in [2.24, 2.45) is 22.5 Å². The number of ketones is 1. The van der Waals surface area contributed by atoms with E-state index >= 15 is 0 Å². The lowest BCUT2D eigenvalue weighted by molar-refractivity contribution is -0.128. The van der Waals surface area contributed by atoms with Gasteiger partial charge in [0.2, 0.25) is 0 Å². The predicted molar refractivity (Wildman–Crippen MR) is 104 cm³/mol. The van der Waals surface area contributed by atoms with Crippen molar-refractivity contribution in [1.82, 2.24) is 0 Å². The fraction of sp³-hybridized carbons (Fsp3) is 0.933. The molecule has 0 radical (unpaired) electrons. The molecule has 0 aliphatic heterocycles. The Morgan fingerprint density at radius 3 is 2.33 bits per heavy atom. The Bertz CT molecular complexity index is 698. The Balaban J connectivity index is 0.000000293. The van der Waals surface area contributed by atoms with Gasteiger partial charge in [-0.3, -0.25) is 18.4 Å². The highest BCUT2D eigenvalue weighted by Gasteiger charge is 2.69. The van der Waals surface area contributed by atoms with Crippen molar-refractivity contribution < 1.29 is 36.3 Å². The third-order valence-electron chi connectivity index (χ3n) is 5.69. The summed E-state index contributed by atoms with van der Waals surface area (Å²) < 4.78 is 49.9. The molecule has 2 fully saturated rings. The van der Waals surface area contributed by atoms with Gasteiger partial charge in [-0.25, -0.2) is 4.57 Å². The van der Waals surface area contributed by atoms with Crippen LogP contribution < -0.4 is 5.73 Å². The van der Waals surface area contributed by atoms with Crippen molar-refractivity contribution in [3.05, 3.63) is 0 Å². The molecular formula is C15H29BrNO8PS. The molecule has 0 aromatic carbocycles. The topological polar surface area (TPSA) is 153 Å². The molecule has 5 atom stereocenters. The van der Waals surface area contributed by atoms with Crippen LogP contribution in [-0.2, 0) is 28.5 Å². The first-order valence-corrected chi connectivity index (χ1v) is 12.5. The monoisotopic (exact) mass is 493 g/mol. The number of halogens is 1. The molecule has 4 N–H and O–H groups in total. The van der Waals surface area contributed by atoms with Crippen molar-refractivity contribution in [3.63, 3.8) is 0 Å². The summed E-state index contributed by atoms with van der Waals surface area (Å²) in [7, 11) is -6.91. The summed E-state index contributed by atoms with van der Waals surface area (Å²) >= 11 is 3.03. The molecule has 9 nitrogen and oxygen atoms in total. The molecule has 0 spiro atoms. The molecule has 2 bridgehead atoms. The van der Waals surface area contributed by atoms with E-state index in [1.165, 1.54) is 0 Å². The molecule has 0 aromatic heterocycles. The molecule has 12 heteroatoms. The Morgan fingerprint density at radius 1 is 1.44 bits per heavy atom. The van der Waals surface area contributed by atoms with E-state index in [0.717, 1.165) is 13.5 Å². The number of phosphoric ester groups is 1. The number of phosphoric acid groups is 1. The van der Waals surface area contributed by atoms with E-state index in [2.05, 4.69) is 25.0 Å². The van der Waals surface area contributed by atoms with Crippen LogP contribution in [0.4, 0.5) is 0 Å². The van der Waals surface area contributed by atoms with Crippen LogP contribution in [0.3, 0.4) is 0 Å². The first-order chi connectivity index (χ1) is 12.1. The summed E-state index contributed by atoms with van der Waals surface area (Å²) in [5, 5.41) is 0. The summed E-state index contributed by atoms with van der Waals surface area (Å²) in [4.78, 5) is 20.8. The molecule has 4 unspecified atom stereocenters. The van der Waals surface area contributed by atoms with Gasteiger partial charge in [-0.05, 0) is 37.5 Å². The molecule has 2 saturated carbocycles. The van der Waals surface area contributed by atoms with Gasteiger partial charge >= 0.3 is 7.82 Å². The largest absolute Gasteiger partial charge is 0.471 e. The summed E-state index contributed by atoms with van der Waals surface area (Å²) in [5.74, 6) is 0.204. The van der Waals surface area contributed by atoms with Gasteiger partial charge in [-0.2, -0.15) is 8.42 Å². The standard InChI is InChI=1S/C10H15BrO4S.C5H14NO4P/c1-9(2)6-3-4-10(9,7(12)5-6)8(11)16(13,14)15;1-5(6)3-4-10-11(7,8)9-2/h6,8H,3-5H2,1-2H3,(H,13,14,15);5H,3-4,6H2,1-2H3,(H,7,8)/t;5-/m.1/s1. The highest BCUT2D eigenvalue weighted by Crippen LogP contribution is 2.67. The van der Waals surface area contributed by atoms with Crippen molar-refractivity contribution in [2.45, 2.75) is 56.7 Å². The number of Topliss-reactive ketones (excluding diaryl/α,β-unsaturated/α-hetero) is 1. The molecular weight excluding hydrogens is 465 g/mol. The van der Waals surface area contributed by atoms with Gasteiger partial charge in [0.1, 0.15) is 5.78 Å². The maximum Gasteiger partial charge on any atom is 0.471 e. The molecule has 0 heterocycles. The molecule has 160 valence electrons. The van der Waals surface area contributed by atoms with E-state index in [0.29, 0.717) is 19.3 Å². The molecule has 2 aliphatic carbocycles. The van der Waals surface area contributed by atoms with E-state index in [1.54, 1.807) is 6.92 Å². The number of carbonyl (C=O) groups is 1. The van der Waals surface area contributed by atoms with Crippen LogP contribution in [-0.4, -0.2) is 47.6 Å². The van der Waals surface area contributed by atoms with Crippen LogP contribution in [0.1, 0.15) is 46.5 Å². The Kier molecular flexibility index (Phi) is 8.27. The van der Waals surface area contributed by atoms with Gasteiger partial charge in [0, 0.05) is 19.6 Å². The molecule has 0 amide bonds. The number of hydrogen-bond donors (Lipinski definition) is 3. The molecule has 2 aliphatic rings. The SMILES string of the molecule is CC1(C)C2CCC1(C(Br)S(=O)(=O)O)C(=O)C2.COP(=O)(O)OCC[C@@H](C)N. The number of hydrogen-bond acceptors (Lipinski definition) is 7. The third kappa shape index (κ3) is 5.39. The fourth-order valence-corrected chi connectivity index (χ4v) is 6.48. The second kappa shape index (κ2) is 8.87. The van der Waals surface area contributed by atoms with Gasteiger partial charge in [0.25, 0.3) is 10.1 Å². The van der Waals surface area contributed by atoms with Crippen molar-refractivity contribution in [1.29, 1.82) is 0 Å². The van der Waals surface area contributed by atoms with Crippen LogP contribution in [0.2, 0.25) is 0 Å². The van der Waals surface area contributed by atoms with Crippen LogP contribution >= 0.6 is 23.8 Å². The normalized spacial score (nSPS) is 31.0. The minimum absolute atomic E-state index is 0.0340. The number of carbonyl (C=O) groups excluding carboxylic acids is 1. The van der Waals surface area contributed by atoms with Crippen LogP contribution in [0.5, 0.6) is 0 Å². The van der Waals surface area contributed by atoms with E-state index in [9.17, 15) is 22.3 Å². The second-order valence-electron chi connectivity index (χ2n) is 7.64. The third-order valence-corrected chi connectivity index (χ3v) is 9.79. The van der Waals surface area contributed by atoms with Crippen molar-refractivity contribution in [2.75, 3.05) is 13.7 Å². The average Bonchev–Trinajstić information content (AvgIpc) is 2.88. The van der Waals surface area contributed by atoms with Gasteiger partial charge in [0.15, 0.2) is 4.16 Å². The Labute approximate surface area is 168 Å². The van der Waals surface area contributed by atoms with Crippen molar-refractivity contribution >= 4 is 39.7 Å². The second-order valence-corrected chi connectivity index (χ2v) is 12.2. The number of rotatable bonds is 7. The number of fused-ring (bicyclic) bond motifs is 2. The van der Waals surface area contributed by atoms with Crippen LogP contribution in [0.25, 0.3) is 0 Å². The maximum atomic E-state index is 12.1. The molecule has 0 aromatic rings. The van der Waals surface area contributed by atoms with E-state index in [-0.39, 0.29) is 29.8 Å². The zero-order valence-corrected chi connectivity index (χ0v) is 19.2. The molecule has 0 saturated heterocycles. The Hall–Kier alpha value is 0.130. The highest BCUT2D eigenvalue weighted by atomic mass is 79.9. The van der Waals surface area contributed by atoms with Gasteiger partial charge < -0.3 is 10.6 Å². The van der Waals surface area contributed by atoms with Crippen LogP contribution in [0, 0.1) is 16.7 Å². The number of nitrogens with two attached hydrogens (primary N) is 1. The molecule has 2 rings (SSSR count). The van der Waals surface area contributed by atoms with Gasteiger partial charge in [0.05, 0.1) is 12.0 Å². The van der Waals surface area contributed by atoms with Gasteiger partial charge in [-0.15, -0.1) is 0 Å². The maximum absolute atomic E-state index is 12.1. The average molecular weight is 494 g/mol. The van der Waals surface area contributed by atoms with E-state index in [4.69, 9.17) is 10.6 Å². The smallest absolute Gasteiger partial charge is 0.328 e. The van der Waals surface area contributed by atoms with Gasteiger partial charge in [-0.1, -0.05) is 29.8 Å².